The Morgan fingerprint density at radius 2 is 2.35 bits per heavy atom. The molecule has 17 heavy (non-hydrogen) atoms. The number of amides is 1. The normalized spacial score (nSPS) is 22.3. The molecule has 92 valence electrons. The number of halogens is 2. The Balaban J connectivity index is 1.98. The number of hydrogen-bond donors (Lipinski definition) is 1. The van der Waals surface area contributed by atoms with E-state index in [9.17, 15) is 4.79 Å². The maximum Gasteiger partial charge on any atom is 0.252 e. The van der Waals surface area contributed by atoms with Crippen LogP contribution < -0.4 is 5.32 Å². The first kappa shape index (κ1) is 13.3. The molecule has 0 radical (unpaired) electrons. The Bertz CT molecular complexity index is 435. The first-order valence-corrected chi connectivity index (χ1v) is 7.75. The highest BCUT2D eigenvalue weighted by Gasteiger charge is 2.37. The van der Waals surface area contributed by atoms with E-state index in [1.54, 1.807) is 0 Å². The van der Waals surface area contributed by atoms with Crippen LogP contribution in [0.4, 0.5) is 0 Å². The Kier molecular flexibility index (Phi) is 4.47. The van der Waals surface area contributed by atoms with Gasteiger partial charge in [0.15, 0.2) is 0 Å². The van der Waals surface area contributed by atoms with Crippen molar-refractivity contribution in [2.45, 2.75) is 32.2 Å². The van der Waals surface area contributed by atoms with Gasteiger partial charge in [-0.05, 0) is 59.5 Å². The summed E-state index contributed by atoms with van der Waals surface area (Å²) in [5.74, 6) is 0.757. The Labute approximate surface area is 124 Å². The summed E-state index contributed by atoms with van der Waals surface area (Å²) in [5.41, 5.74) is 0.766. The Morgan fingerprint density at radius 1 is 1.59 bits per heavy atom. The molecule has 1 fully saturated rings. The molecule has 1 saturated carbocycles. The topological polar surface area (TPSA) is 29.1 Å². The zero-order valence-electron chi connectivity index (χ0n) is 9.67. The fourth-order valence-corrected chi connectivity index (χ4v) is 2.97. The van der Waals surface area contributed by atoms with Gasteiger partial charge in [0.05, 0.1) is 5.56 Å². The van der Waals surface area contributed by atoms with Crippen molar-refractivity contribution in [1.82, 2.24) is 5.32 Å². The maximum atomic E-state index is 12.1. The summed E-state index contributed by atoms with van der Waals surface area (Å²) < 4.78 is 1.94. The number of benzene rings is 1. The molecule has 0 spiro atoms. The summed E-state index contributed by atoms with van der Waals surface area (Å²) in [6, 6.07) is 6.19. The van der Waals surface area contributed by atoms with Crippen molar-refractivity contribution in [2.24, 2.45) is 5.92 Å². The summed E-state index contributed by atoms with van der Waals surface area (Å²) in [6.45, 7) is 2.19. The molecule has 2 rings (SSSR count). The van der Waals surface area contributed by atoms with Crippen molar-refractivity contribution in [1.29, 1.82) is 0 Å². The van der Waals surface area contributed by atoms with E-state index in [0.717, 1.165) is 20.0 Å². The molecule has 2 unspecified atom stereocenters. The first-order chi connectivity index (χ1) is 8.11. The minimum Gasteiger partial charge on any atom is -0.349 e. The molecule has 1 N–H and O–H groups in total. The van der Waals surface area contributed by atoms with Crippen LogP contribution in [0.1, 0.15) is 36.5 Å². The van der Waals surface area contributed by atoms with Crippen molar-refractivity contribution in [3.63, 3.8) is 0 Å². The van der Waals surface area contributed by atoms with Gasteiger partial charge in [0.2, 0.25) is 0 Å². The van der Waals surface area contributed by atoms with Gasteiger partial charge in [0.25, 0.3) is 5.91 Å². The highest BCUT2D eigenvalue weighted by molar-refractivity contribution is 14.1. The molecule has 0 bridgehead atoms. The van der Waals surface area contributed by atoms with E-state index in [1.165, 1.54) is 12.8 Å². The average Bonchev–Trinajstić information content (AvgIpc) is 3.00. The fourth-order valence-electron chi connectivity index (χ4n) is 2.03. The molecular formula is C13H15BrINO. The smallest absolute Gasteiger partial charge is 0.252 e. The standard InChI is InChI=1S/C13H15BrINO/c1-2-3-8-6-12(8)16-13(17)10-7-9(14)4-5-11(10)15/h4-5,7-8,12H,2-3,6H2,1H3,(H,16,17). The van der Waals surface area contributed by atoms with E-state index in [0.29, 0.717) is 12.0 Å². The van der Waals surface area contributed by atoms with Crippen LogP contribution in [0.2, 0.25) is 0 Å². The maximum absolute atomic E-state index is 12.1. The second-order valence-electron chi connectivity index (χ2n) is 4.49. The van der Waals surface area contributed by atoms with Crippen LogP contribution in [0.3, 0.4) is 0 Å². The molecule has 1 aliphatic rings. The molecule has 1 aromatic rings. The predicted octanol–water partition coefficient (Wildman–Crippen LogP) is 3.97. The summed E-state index contributed by atoms with van der Waals surface area (Å²) in [4.78, 5) is 12.1. The third kappa shape index (κ3) is 3.44. The van der Waals surface area contributed by atoms with E-state index >= 15 is 0 Å². The van der Waals surface area contributed by atoms with Gasteiger partial charge in [0.1, 0.15) is 0 Å². The largest absolute Gasteiger partial charge is 0.349 e. The van der Waals surface area contributed by atoms with Crippen LogP contribution in [0.15, 0.2) is 22.7 Å². The monoisotopic (exact) mass is 407 g/mol. The number of carbonyl (C=O) groups excluding carboxylic acids is 1. The number of hydrogen-bond acceptors (Lipinski definition) is 1. The summed E-state index contributed by atoms with van der Waals surface area (Å²) in [5, 5.41) is 3.11. The number of carbonyl (C=O) groups is 1. The Morgan fingerprint density at radius 3 is 3.06 bits per heavy atom. The lowest BCUT2D eigenvalue weighted by molar-refractivity contribution is 0.0948. The first-order valence-electron chi connectivity index (χ1n) is 5.87. The van der Waals surface area contributed by atoms with Crippen LogP contribution in [-0.4, -0.2) is 11.9 Å². The lowest BCUT2D eigenvalue weighted by atomic mass is 10.2. The van der Waals surface area contributed by atoms with E-state index < -0.39 is 0 Å². The third-order valence-electron chi connectivity index (χ3n) is 3.07. The van der Waals surface area contributed by atoms with Crippen LogP contribution in [0.25, 0.3) is 0 Å². The molecule has 0 heterocycles. The molecule has 2 nitrogen and oxygen atoms in total. The van der Waals surface area contributed by atoms with Crippen molar-refractivity contribution in [3.05, 3.63) is 31.8 Å². The molecule has 0 saturated heterocycles. The molecule has 0 aromatic heterocycles. The number of rotatable bonds is 4. The van der Waals surface area contributed by atoms with Crippen LogP contribution in [0.5, 0.6) is 0 Å². The number of nitrogens with one attached hydrogen (secondary N) is 1. The zero-order chi connectivity index (χ0) is 12.4. The van der Waals surface area contributed by atoms with Gasteiger partial charge in [-0.3, -0.25) is 4.79 Å². The van der Waals surface area contributed by atoms with Crippen molar-refractivity contribution < 1.29 is 4.79 Å². The fraction of sp³-hybridized carbons (Fsp3) is 0.462. The molecule has 1 aliphatic carbocycles. The van der Waals surface area contributed by atoms with Crippen LogP contribution in [0, 0.1) is 9.49 Å². The average molecular weight is 408 g/mol. The van der Waals surface area contributed by atoms with Crippen LogP contribution >= 0.6 is 38.5 Å². The molecular weight excluding hydrogens is 393 g/mol. The van der Waals surface area contributed by atoms with Gasteiger partial charge in [-0.25, -0.2) is 0 Å². The minimum absolute atomic E-state index is 0.0549. The van der Waals surface area contributed by atoms with Crippen molar-refractivity contribution in [2.75, 3.05) is 0 Å². The second-order valence-corrected chi connectivity index (χ2v) is 6.57. The lowest BCUT2D eigenvalue weighted by Crippen LogP contribution is -2.27. The zero-order valence-corrected chi connectivity index (χ0v) is 13.4. The van der Waals surface area contributed by atoms with Gasteiger partial charge < -0.3 is 5.32 Å². The van der Waals surface area contributed by atoms with Gasteiger partial charge in [-0.2, -0.15) is 0 Å². The van der Waals surface area contributed by atoms with Gasteiger partial charge in [0, 0.05) is 14.1 Å². The van der Waals surface area contributed by atoms with E-state index in [1.807, 2.05) is 18.2 Å². The van der Waals surface area contributed by atoms with Crippen molar-refractivity contribution >= 4 is 44.4 Å². The van der Waals surface area contributed by atoms with E-state index in [2.05, 4.69) is 50.8 Å². The van der Waals surface area contributed by atoms with Gasteiger partial charge in [-0.1, -0.05) is 29.3 Å². The predicted molar refractivity (Wildman–Crippen MR) is 81.1 cm³/mol. The van der Waals surface area contributed by atoms with Gasteiger partial charge in [-0.15, -0.1) is 0 Å². The quantitative estimate of drug-likeness (QED) is 0.751. The highest BCUT2D eigenvalue weighted by Crippen LogP contribution is 2.34. The van der Waals surface area contributed by atoms with Crippen LogP contribution in [-0.2, 0) is 0 Å². The Hall–Kier alpha value is -0.100. The van der Waals surface area contributed by atoms with E-state index in [-0.39, 0.29) is 5.91 Å². The van der Waals surface area contributed by atoms with Gasteiger partial charge >= 0.3 is 0 Å². The molecule has 4 heteroatoms. The lowest BCUT2D eigenvalue weighted by Gasteiger charge is -2.07. The summed E-state index contributed by atoms with van der Waals surface area (Å²) >= 11 is 5.60. The third-order valence-corrected chi connectivity index (χ3v) is 4.51. The highest BCUT2D eigenvalue weighted by atomic mass is 127. The summed E-state index contributed by atoms with van der Waals surface area (Å²) in [7, 11) is 0. The van der Waals surface area contributed by atoms with E-state index in [4.69, 9.17) is 0 Å². The SMILES string of the molecule is CCCC1CC1NC(=O)c1cc(Br)ccc1I. The second kappa shape index (κ2) is 5.69. The summed E-state index contributed by atoms with van der Waals surface area (Å²) in [6.07, 6.45) is 3.57. The molecule has 1 aromatic carbocycles. The van der Waals surface area contributed by atoms with Crippen molar-refractivity contribution in [3.8, 4) is 0 Å². The molecule has 0 aliphatic heterocycles. The minimum atomic E-state index is 0.0549. The molecule has 1 amide bonds. The molecule has 2 atom stereocenters.